The fourth-order valence-electron chi connectivity index (χ4n) is 6.51. The number of halogens is 3. The Morgan fingerprint density at radius 2 is 1.89 bits per heavy atom. The van der Waals surface area contributed by atoms with Crippen LogP contribution in [0.3, 0.4) is 0 Å². The predicted octanol–water partition coefficient (Wildman–Crippen LogP) is 5.80. The number of oxime groups is 1. The highest BCUT2D eigenvalue weighted by Crippen LogP contribution is 2.60. The van der Waals surface area contributed by atoms with E-state index in [1.54, 1.807) is 24.5 Å². The van der Waals surface area contributed by atoms with Gasteiger partial charge in [0.05, 0.1) is 28.9 Å². The zero-order chi connectivity index (χ0) is 26.1. The number of benzene rings is 2. The average Bonchev–Trinajstić information content (AvgIpc) is 3.70. The Kier molecular flexibility index (Phi) is 4.92. The summed E-state index contributed by atoms with van der Waals surface area (Å²) in [5.41, 5.74) is 1.87. The van der Waals surface area contributed by atoms with Gasteiger partial charge in [0.25, 0.3) is 5.91 Å². The number of carbonyl (C=O) groups excluding carboxylic acids is 1. The lowest BCUT2D eigenvalue weighted by Gasteiger charge is -2.35. The monoisotopic (exact) mass is 517 g/mol. The van der Waals surface area contributed by atoms with E-state index in [9.17, 15) is 18.0 Å². The fraction of sp³-hybridized carbons (Fsp3) is 0.286. The molecule has 2 bridgehead atoms. The highest BCUT2D eigenvalue weighted by molar-refractivity contribution is 6.11. The molecule has 10 heteroatoms. The number of alkyl halides is 3. The van der Waals surface area contributed by atoms with Crippen molar-refractivity contribution in [1.82, 2.24) is 15.2 Å². The largest absolute Gasteiger partial charge is 0.416 e. The molecule has 3 aliphatic rings. The number of anilines is 1. The van der Waals surface area contributed by atoms with Crippen molar-refractivity contribution in [3.8, 4) is 11.1 Å². The van der Waals surface area contributed by atoms with E-state index < -0.39 is 17.3 Å². The summed E-state index contributed by atoms with van der Waals surface area (Å²) in [6.45, 7) is 0. The van der Waals surface area contributed by atoms with E-state index in [0.29, 0.717) is 28.1 Å². The quantitative estimate of drug-likeness (QED) is 0.358. The van der Waals surface area contributed by atoms with Crippen LogP contribution in [0, 0.1) is 17.8 Å². The highest BCUT2D eigenvalue weighted by atomic mass is 19.4. The lowest BCUT2D eigenvalue weighted by molar-refractivity contribution is -0.149. The minimum Gasteiger partial charge on any atom is -0.378 e. The summed E-state index contributed by atoms with van der Waals surface area (Å²) < 4.78 is 39.8. The Bertz CT molecular complexity index is 1610. The first-order valence-corrected chi connectivity index (χ1v) is 12.5. The Hall–Kier alpha value is -4.21. The standard InChI is InChI=1S/C28H22F3N5O2/c29-28(30,31)21-3-1-2-15(9-21)17-8-19(13-32-12-17)25-24-16-4-5-20(10-16)27(24,38-36-25)26(37)34-22-6-7-23-18(11-22)14-33-35-23/h1-3,6-9,11-14,16,20,24H,4-5,10H2,(H,33,35)(H,34,37). The Morgan fingerprint density at radius 1 is 1.03 bits per heavy atom. The smallest absolute Gasteiger partial charge is 0.378 e. The van der Waals surface area contributed by atoms with Gasteiger partial charge in [0.15, 0.2) is 0 Å². The van der Waals surface area contributed by atoms with Crippen LogP contribution in [-0.4, -0.2) is 32.4 Å². The second kappa shape index (κ2) is 8.14. The Balaban J connectivity index is 1.21. The summed E-state index contributed by atoms with van der Waals surface area (Å²) >= 11 is 0. The second-order valence-corrected chi connectivity index (χ2v) is 10.3. The molecule has 2 N–H and O–H groups in total. The first-order valence-electron chi connectivity index (χ1n) is 12.5. The number of H-pyrrole nitrogens is 1. The number of rotatable bonds is 4. The number of pyridine rings is 1. The van der Waals surface area contributed by atoms with Gasteiger partial charge < -0.3 is 10.2 Å². The molecule has 2 aliphatic carbocycles. The van der Waals surface area contributed by atoms with E-state index in [1.807, 2.05) is 18.2 Å². The maximum absolute atomic E-state index is 13.8. The number of aromatic nitrogens is 3. The maximum Gasteiger partial charge on any atom is 0.416 e. The molecule has 1 aliphatic heterocycles. The molecule has 4 unspecified atom stereocenters. The van der Waals surface area contributed by atoms with Crippen LogP contribution in [0.2, 0.25) is 0 Å². The third-order valence-corrected chi connectivity index (χ3v) is 8.21. The van der Waals surface area contributed by atoms with E-state index in [0.717, 1.165) is 42.3 Å². The van der Waals surface area contributed by atoms with Crippen LogP contribution in [0.25, 0.3) is 22.0 Å². The number of amides is 1. The van der Waals surface area contributed by atoms with Gasteiger partial charge >= 0.3 is 6.18 Å². The van der Waals surface area contributed by atoms with Gasteiger partial charge in [-0.3, -0.25) is 14.9 Å². The molecule has 2 fully saturated rings. The summed E-state index contributed by atoms with van der Waals surface area (Å²) in [6.07, 6.45) is 3.12. The van der Waals surface area contributed by atoms with E-state index in [-0.39, 0.29) is 23.7 Å². The van der Waals surface area contributed by atoms with Gasteiger partial charge in [-0.1, -0.05) is 17.3 Å². The molecule has 4 aromatic rings. The van der Waals surface area contributed by atoms with Crippen LogP contribution in [-0.2, 0) is 15.8 Å². The van der Waals surface area contributed by atoms with E-state index in [4.69, 9.17) is 4.84 Å². The van der Waals surface area contributed by atoms with Crippen LogP contribution in [0.5, 0.6) is 0 Å². The van der Waals surface area contributed by atoms with Gasteiger partial charge in [-0.25, -0.2) is 0 Å². The number of fused-ring (bicyclic) bond motifs is 6. The van der Waals surface area contributed by atoms with Crippen molar-refractivity contribution in [2.24, 2.45) is 22.9 Å². The topological polar surface area (TPSA) is 92.3 Å². The normalized spacial score (nSPS) is 25.8. The van der Waals surface area contributed by atoms with Gasteiger partial charge in [-0.2, -0.15) is 18.3 Å². The first-order chi connectivity index (χ1) is 18.3. The van der Waals surface area contributed by atoms with Crippen LogP contribution < -0.4 is 5.32 Å². The van der Waals surface area contributed by atoms with Gasteiger partial charge in [0.2, 0.25) is 5.60 Å². The van der Waals surface area contributed by atoms with Gasteiger partial charge in [-0.05, 0) is 67.1 Å². The number of carbonyl (C=O) groups is 1. The number of hydrogen-bond donors (Lipinski definition) is 2. The third kappa shape index (κ3) is 3.43. The summed E-state index contributed by atoms with van der Waals surface area (Å²) in [5.74, 6) is -0.257. The van der Waals surface area contributed by atoms with Gasteiger partial charge in [-0.15, -0.1) is 0 Å². The SMILES string of the molecule is O=C(Nc1ccc2[nH]ncc2c1)C12ON=C(c3cncc(-c4cccc(C(F)(F)F)c4)c3)C1C1CCC2C1. The molecule has 4 atom stereocenters. The second-order valence-electron chi connectivity index (χ2n) is 10.3. The van der Waals surface area contributed by atoms with Crippen molar-refractivity contribution in [3.63, 3.8) is 0 Å². The fourth-order valence-corrected chi connectivity index (χ4v) is 6.51. The van der Waals surface area contributed by atoms with Gasteiger partial charge in [0, 0.05) is 40.5 Å². The van der Waals surface area contributed by atoms with E-state index in [1.165, 1.54) is 12.3 Å². The van der Waals surface area contributed by atoms with Crippen molar-refractivity contribution in [2.75, 3.05) is 5.32 Å². The molecule has 2 aromatic heterocycles. The molecule has 0 spiro atoms. The Morgan fingerprint density at radius 3 is 2.76 bits per heavy atom. The molecule has 7 nitrogen and oxygen atoms in total. The van der Waals surface area contributed by atoms with Crippen molar-refractivity contribution in [1.29, 1.82) is 0 Å². The van der Waals surface area contributed by atoms with Crippen molar-refractivity contribution in [2.45, 2.75) is 31.0 Å². The van der Waals surface area contributed by atoms with E-state index in [2.05, 4.69) is 25.7 Å². The maximum atomic E-state index is 13.8. The zero-order valence-corrected chi connectivity index (χ0v) is 20.0. The molecule has 7 rings (SSSR count). The number of nitrogens with zero attached hydrogens (tertiary/aromatic N) is 3. The highest BCUT2D eigenvalue weighted by Gasteiger charge is 2.69. The lowest BCUT2D eigenvalue weighted by Crippen LogP contribution is -2.53. The third-order valence-electron chi connectivity index (χ3n) is 8.21. The molecule has 38 heavy (non-hydrogen) atoms. The molecular weight excluding hydrogens is 495 g/mol. The molecule has 3 heterocycles. The number of nitrogens with one attached hydrogen (secondary N) is 2. The molecule has 0 radical (unpaired) electrons. The molecule has 2 saturated carbocycles. The lowest BCUT2D eigenvalue weighted by atomic mass is 9.71. The predicted molar refractivity (Wildman–Crippen MR) is 134 cm³/mol. The van der Waals surface area contributed by atoms with Crippen LogP contribution >= 0.6 is 0 Å². The zero-order valence-electron chi connectivity index (χ0n) is 20.0. The van der Waals surface area contributed by atoms with Gasteiger partial charge in [0.1, 0.15) is 0 Å². The summed E-state index contributed by atoms with van der Waals surface area (Å²) in [4.78, 5) is 24.2. The van der Waals surface area contributed by atoms with Crippen molar-refractivity contribution in [3.05, 3.63) is 78.2 Å². The minimum absolute atomic E-state index is 0.0241. The summed E-state index contributed by atoms with van der Waals surface area (Å²) in [6, 6.07) is 12.5. The average molecular weight is 518 g/mol. The van der Waals surface area contributed by atoms with Crippen LogP contribution in [0.15, 0.2) is 72.3 Å². The van der Waals surface area contributed by atoms with Crippen molar-refractivity contribution >= 4 is 28.2 Å². The summed E-state index contributed by atoms with van der Waals surface area (Å²) in [7, 11) is 0. The molecule has 0 saturated heterocycles. The van der Waals surface area contributed by atoms with Crippen LogP contribution in [0.4, 0.5) is 18.9 Å². The van der Waals surface area contributed by atoms with Crippen molar-refractivity contribution < 1.29 is 22.8 Å². The molecule has 1 amide bonds. The molecular formula is C28H22F3N5O2. The number of aromatic amines is 1. The minimum atomic E-state index is -4.44. The summed E-state index contributed by atoms with van der Waals surface area (Å²) in [5, 5.41) is 15.3. The first kappa shape index (κ1) is 22.9. The Labute approximate surface area is 215 Å². The van der Waals surface area contributed by atoms with Crippen LogP contribution in [0.1, 0.15) is 30.4 Å². The molecule has 2 aromatic carbocycles. The number of hydrogen-bond acceptors (Lipinski definition) is 5. The molecule has 192 valence electrons. The van der Waals surface area contributed by atoms with E-state index >= 15 is 0 Å².